The van der Waals surface area contributed by atoms with E-state index in [2.05, 4.69) is 10.1 Å². The van der Waals surface area contributed by atoms with Crippen molar-refractivity contribution in [2.24, 2.45) is 5.73 Å². The standard InChI is InChI=1S/C13H17N3O4/c1-7(14)13-15-12(16-20-13)8-5-9(17-2)11(19-4)10(6-8)18-3/h5-7H,14H2,1-4H3. The Labute approximate surface area is 116 Å². The van der Waals surface area contributed by atoms with E-state index in [0.717, 1.165) is 0 Å². The summed E-state index contributed by atoms with van der Waals surface area (Å²) in [5.74, 6) is 2.34. The van der Waals surface area contributed by atoms with Crippen molar-refractivity contribution in [2.45, 2.75) is 13.0 Å². The summed E-state index contributed by atoms with van der Waals surface area (Å²) in [4.78, 5) is 4.23. The molecule has 0 aliphatic carbocycles. The summed E-state index contributed by atoms with van der Waals surface area (Å²) < 4.78 is 20.9. The molecule has 1 unspecified atom stereocenters. The Morgan fingerprint density at radius 1 is 1.10 bits per heavy atom. The van der Waals surface area contributed by atoms with Gasteiger partial charge in [0.15, 0.2) is 11.5 Å². The molecule has 0 spiro atoms. The Hall–Kier alpha value is -2.28. The summed E-state index contributed by atoms with van der Waals surface area (Å²) in [6.07, 6.45) is 0. The minimum atomic E-state index is -0.321. The molecule has 0 saturated heterocycles. The predicted molar refractivity (Wildman–Crippen MR) is 72.0 cm³/mol. The van der Waals surface area contributed by atoms with Crippen LogP contribution >= 0.6 is 0 Å². The van der Waals surface area contributed by atoms with E-state index < -0.39 is 0 Å². The molecule has 0 bridgehead atoms. The van der Waals surface area contributed by atoms with Crippen LogP contribution in [0.1, 0.15) is 18.9 Å². The number of methoxy groups -OCH3 is 3. The van der Waals surface area contributed by atoms with E-state index in [9.17, 15) is 0 Å². The average molecular weight is 279 g/mol. The summed E-state index contributed by atoms with van der Waals surface area (Å²) in [6.45, 7) is 1.77. The lowest BCUT2D eigenvalue weighted by Crippen LogP contribution is -2.04. The largest absolute Gasteiger partial charge is 0.493 e. The zero-order chi connectivity index (χ0) is 14.7. The third-order valence-electron chi connectivity index (χ3n) is 2.75. The molecule has 0 aliphatic heterocycles. The van der Waals surface area contributed by atoms with E-state index in [4.69, 9.17) is 24.5 Å². The van der Waals surface area contributed by atoms with Gasteiger partial charge >= 0.3 is 0 Å². The molecule has 2 aromatic rings. The molecule has 7 nitrogen and oxygen atoms in total. The summed E-state index contributed by atoms with van der Waals surface area (Å²) >= 11 is 0. The molecule has 1 atom stereocenters. The average Bonchev–Trinajstić information content (AvgIpc) is 2.95. The first kappa shape index (κ1) is 14.1. The molecule has 108 valence electrons. The van der Waals surface area contributed by atoms with Gasteiger partial charge in [-0.3, -0.25) is 0 Å². The Bertz CT molecular complexity index is 570. The molecule has 0 saturated carbocycles. The maximum atomic E-state index is 5.70. The van der Waals surface area contributed by atoms with Crippen molar-refractivity contribution in [1.29, 1.82) is 0 Å². The van der Waals surface area contributed by atoms with E-state index in [1.807, 2.05) is 0 Å². The second-order valence-corrected chi connectivity index (χ2v) is 4.16. The van der Waals surface area contributed by atoms with Gasteiger partial charge in [-0.15, -0.1) is 0 Å². The highest BCUT2D eigenvalue weighted by molar-refractivity contribution is 5.66. The van der Waals surface area contributed by atoms with Crippen LogP contribution in [-0.2, 0) is 0 Å². The monoisotopic (exact) mass is 279 g/mol. The van der Waals surface area contributed by atoms with E-state index >= 15 is 0 Å². The molecular formula is C13H17N3O4. The van der Waals surface area contributed by atoms with Gasteiger partial charge in [0, 0.05) is 5.56 Å². The lowest BCUT2D eigenvalue weighted by atomic mass is 10.1. The van der Waals surface area contributed by atoms with Gasteiger partial charge in [-0.2, -0.15) is 4.98 Å². The SMILES string of the molecule is COc1cc(-c2noc(C(C)N)n2)cc(OC)c1OC. The van der Waals surface area contributed by atoms with E-state index in [-0.39, 0.29) is 6.04 Å². The molecule has 0 amide bonds. The fraction of sp³-hybridized carbons (Fsp3) is 0.385. The molecule has 0 fully saturated rings. The lowest BCUT2D eigenvalue weighted by Gasteiger charge is -2.12. The van der Waals surface area contributed by atoms with Gasteiger partial charge < -0.3 is 24.5 Å². The molecule has 1 heterocycles. The Kier molecular flexibility index (Phi) is 4.09. The second kappa shape index (κ2) is 5.79. The minimum Gasteiger partial charge on any atom is -0.493 e. The molecule has 7 heteroatoms. The van der Waals surface area contributed by atoms with Gasteiger partial charge in [0.05, 0.1) is 27.4 Å². The summed E-state index contributed by atoms with van der Waals surface area (Å²) in [6, 6.07) is 3.17. The van der Waals surface area contributed by atoms with Gasteiger partial charge in [-0.1, -0.05) is 5.16 Å². The van der Waals surface area contributed by atoms with Gasteiger partial charge in [0.25, 0.3) is 0 Å². The van der Waals surface area contributed by atoms with Crippen LogP contribution in [0.5, 0.6) is 17.2 Å². The number of rotatable bonds is 5. The number of benzene rings is 1. The fourth-order valence-electron chi connectivity index (χ4n) is 1.75. The molecule has 2 rings (SSSR count). The normalized spacial score (nSPS) is 12.1. The number of aromatic nitrogens is 2. The van der Waals surface area contributed by atoms with Crippen molar-refractivity contribution >= 4 is 0 Å². The first-order valence-corrected chi connectivity index (χ1v) is 6.00. The molecule has 1 aromatic carbocycles. The first-order valence-electron chi connectivity index (χ1n) is 6.00. The Balaban J connectivity index is 2.50. The van der Waals surface area contributed by atoms with Crippen LogP contribution in [0.15, 0.2) is 16.7 Å². The van der Waals surface area contributed by atoms with Crippen LogP contribution in [0.4, 0.5) is 0 Å². The summed E-state index contributed by atoms with van der Waals surface area (Å²) in [7, 11) is 4.64. The highest BCUT2D eigenvalue weighted by Gasteiger charge is 2.18. The number of hydrogen-bond donors (Lipinski definition) is 1. The van der Waals surface area contributed by atoms with Gasteiger partial charge in [-0.25, -0.2) is 0 Å². The highest BCUT2D eigenvalue weighted by atomic mass is 16.5. The number of nitrogens with zero attached hydrogens (tertiary/aromatic N) is 2. The Morgan fingerprint density at radius 3 is 2.10 bits per heavy atom. The van der Waals surface area contributed by atoms with Crippen molar-refractivity contribution in [1.82, 2.24) is 10.1 Å². The molecule has 1 aromatic heterocycles. The van der Waals surface area contributed by atoms with Crippen molar-refractivity contribution in [3.63, 3.8) is 0 Å². The van der Waals surface area contributed by atoms with Crippen LogP contribution in [0.2, 0.25) is 0 Å². The topological polar surface area (TPSA) is 92.6 Å². The zero-order valence-electron chi connectivity index (χ0n) is 11.8. The van der Waals surface area contributed by atoms with E-state index in [1.165, 1.54) is 0 Å². The fourth-order valence-corrected chi connectivity index (χ4v) is 1.75. The maximum absolute atomic E-state index is 5.70. The number of hydrogen-bond acceptors (Lipinski definition) is 7. The van der Waals surface area contributed by atoms with Crippen LogP contribution in [-0.4, -0.2) is 31.5 Å². The van der Waals surface area contributed by atoms with Crippen LogP contribution in [0, 0.1) is 0 Å². The van der Waals surface area contributed by atoms with Gasteiger partial charge in [0.1, 0.15) is 0 Å². The maximum Gasteiger partial charge on any atom is 0.243 e. The number of ether oxygens (including phenoxy) is 3. The van der Waals surface area contributed by atoms with Crippen molar-refractivity contribution in [2.75, 3.05) is 21.3 Å². The van der Waals surface area contributed by atoms with Crippen molar-refractivity contribution < 1.29 is 18.7 Å². The van der Waals surface area contributed by atoms with E-state index in [1.54, 1.807) is 40.4 Å². The summed E-state index contributed by atoms with van der Waals surface area (Å²) in [5, 5.41) is 3.90. The van der Waals surface area contributed by atoms with Crippen LogP contribution in [0.3, 0.4) is 0 Å². The summed E-state index contributed by atoms with van der Waals surface area (Å²) in [5.41, 5.74) is 6.39. The smallest absolute Gasteiger partial charge is 0.243 e. The molecule has 2 N–H and O–H groups in total. The molecule has 0 aliphatic rings. The molecule has 0 radical (unpaired) electrons. The van der Waals surface area contributed by atoms with Crippen LogP contribution < -0.4 is 19.9 Å². The molecule has 20 heavy (non-hydrogen) atoms. The number of nitrogens with two attached hydrogens (primary N) is 1. The van der Waals surface area contributed by atoms with Crippen molar-refractivity contribution in [3.8, 4) is 28.6 Å². The third kappa shape index (κ3) is 2.53. The first-order chi connectivity index (χ1) is 9.60. The second-order valence-electron chi connectivity index (χ2n) is 4.16. The van der Waals surface area contributed by atoms with Crippen LogP contribution in [0.25, 0.3) is 11.4 Å². The third-order valence-corrected chi connectivity index (χ3v) is 2.75. The minimum absolute atomic E-state index is 0.321. The quantitative estimate of drug-likeness (QED) is 0.891. The molecular weight excluding hydrogens is 262 g/mol. The highest BCUT2D eigenvalue weighted by Crippen LogP contribution is 2.40. The van der Waals surface area contributed by atoms with Gasteiger partial charge in [0.2, 0.25) is 17.5 Å². The zero-order valence-corrected chi connectivity index (χ0v) is 11.8. The lowest BCUT2D eigenvalue weighted by molar-refractivity contribution is 0.324. The Morgan fingerprint density at radius 2 is 1.70 bits per heavy atom. The van der Waals surface area contributed by atoms with E-state index in [0.29, 0.717) is 34.5 Å². The van der Waals surface area contributed by atoms with Crippen molar-refractivity contribution in [3.05, 3.63) is 18.0 Å². The van der Waals surface area contributed by atoms with Gasteiger partial charge in [-0.05, 0) is 19.1 Å². The predicted octanol–water partition coefficient (Wildman–Crippen LogP) is 1.78.